The van der Waals surface area contributed by atoms with Crippen molar-refractivity contribution in [3.63, 3.8) is 0 Å². The van der Waals surface area contributed by atoms with Crippen LogP contribution < -0.4 is 4.74 Å². The molecule has 25 heavy (non-hydrogen) atoms. The van der Waals surface area contributed by atoms with Crippen molar-refractivity contribution >= 4 is 33.2 Å². The first kappa shape index (κ1) is 18.4. The second-order valence-electron chi connectivity index (χ2n) is 6.12. The zero-order chi connectivity index (χ0) is 17.8. The number of ether oxygens (including phenoxy) is 1. The summed E-state index contributed by atoms with van der Waals surface area (Å²) in [5, 5.41) is 11.8. The Morgan fingerprint density at radius 2 is 2.28 bits per heavy atom. The molecule has 1 aromatic heterocycles. The van der Waals surface area contributed by atoms with Gasteiger partial charge >= 0.3 is 5.97 Å². The van der Waals surface area contributed by atoms with Crippen molar-refractivity contribution in [3.05, 3.63) is 50.6 Å². The van der Waals surface area contributed by atoms with Crippen LogP contribution in [0.25, 0.3) is 0 Å². The molecule has 1 aliphatic rings. The Hall–Kier alpha value is -1.37. The van der Waals surface area contributed by atoms with Crippen LogP contribution in [0.1, 0.15) is 42.7 Å². The SMILES string of the molecule is CCOc1ccc(Br)cc1C(c1cccs1)N1CCCCC1C(=O)O. The molecule has 0 radical (unpaired) electrons. The summed E-state index contributed by atoms with van der Waals surface area (Å²) in [6, 6.07) is 9.51. The van der Waals surface area contributed by atoms with Crippen LogP contribution in [0.5, 0.6) is 5.75 Å². The average Bonchev–Trinajstić information content (AvgIpc) is 3.12. The number of carboxylic acids is 1. The first-order chi connectivity index (χ1) is 12.1. The van der Waals surface area contributed by atoms with Gasteiger partial charge < -0.3 is 9.84 Å². The van der Waals surface area contributed by atoms with Crippen molar-refractivity contribution in [1.82, 2.24) is 4.90 Å². The van der Waals surface area contributed by atoms with Gasteiger partial charge in [0.2, 0.25) is 0 Å². The van der Waals surface area contributed by atoms with Crippen molar-refractivity contribution in [2.24, 2.45) is 0 Å². The van der Waals surface area contributed by atoms with Gasteiger partial charge in [-0.15, -0.1) is 11.3 Å². The third kappa shape index (κ3) is 4.07. The van der Waals surface area contributed by atoms with Crippen LogP contribution in [0.15, 0.2) is 40.2 Å². The predicted octanol–water partition coefficient (Wildman–Crippen LogP) is 4.94. The van der Waals surface area contributed by atoms with Crippen LogP contribution in [0.3, 0.4) is 0 Å². The average molecular weight is 424 g/mol. The van der Waals surface area contributed by atoms with E-state index in [1.54, 1.807) is 11.3 Å². The summed E-state index contributed by atoms with van der Waals surface area (Å²) < 4.78 is 6.84. The summed E-state index contributed by atoms with van der Waals surface area (Å²) in [4.78, 5) is 15.1. The zero-order valence-corrected chi connectivity index (χ0v) is 16.6. The van der Waals surface area contributed by atoms with Crippen LogP contribution in [0.4, 0.5) is 0 Å². The number of hydrogen-bond acceptors (Lipinski definition) is 4. The molecule has 0 bridgehead atoms. The topological polar surface area (TPSA) is 49.8 Å². The van der Waals surface area contributed by atoms with E-state index in [1.165, 1.54) is 0 Å². The molecule has 2 atom stereocenters. The standard InChI is InChI=1S/C19H22BrNO3S/c1-2-24-16-9-8-13(20)12-14(16)18(17-7-5-11-25-17)21-10-4-3-6-15(21)19(22)23/h5,7-9,11-12,15,18H,2-4,6,10H2,1H3,(H,22,23). The van der Waals surface area contributed by atoms with E-state index in [4.69, 9.17) is 4.74 Å². The lowest BCUT2D eigenvalue weighted by Gasteiger charge is -2.39. The Kier molecular flexibility index (Phi) is 6.15. The first-order valence-corrected chi connectivity index (χ1v) is 10.2. The summed E-state index contributed by atoms with van der Waals surface area (Å²) in [6.07, 6.45) is 2.67. The molecular weight excluding hydrogens is 402 g/mol. The van der Waals surface area contributed by atoms with Crippen LogP contribution in [0, 0.1) is 0 Å². The Labute approximate surface area is 160 Å². The summed E-state index contributed by atoms with van der Waals surface area (Å²) >= 11 is 5.22. The zero-order valence-electron chi connectivity index (χ0n) is 14.2. The van der Waals surface area contributed by atoms with E-state index in [0.717, 1.165) is 40.0 Å². The fourth-order valence-electron chi connectivity index (χ4n) is 3.49. The molecule has 2 aromatic rings. The quantitative estimate of drug-likeness (QED) is 0.714. The van der Waals surface area contributed by atoms with E-state index < -0.39 is 12.0 Å². The van der Waals surface area contributed by atoms with Gasteiger partial charge in [-0.1, -0.05) is 28.4 Å². The van der Waals surface area contributed by atoms with Crippen molar-refractivity contribution in [1.29, 1.82) is 0 Å². The minimum absolute atomic E-state index is 0.111. The largest absolute Gasteiger partial charge is 0.494 e. The molecule has 1 saturated heterocycles. The van der Waals surface area contributed by atoms with Gasteiger partial charge in [0.1, 0.15) is 11.8 Å². The molecule has 1 aliphatic heterocycles. The Bertz CT molecular complexity index is 719. The molecule has 3 rings (SSSR count). The molecular formula is C19H22BrNO3S. The van der Waals surface area contributed by atoms with Gasteiger partial charge in [0.15, 0.2) is 0 Å². The fraction of sp³-hybridized carbons (Fsp3) is 0.421. The van der Waals surface area contributed by atoms with Crippen LogP contribution in [0.2, 0.25) is 0 Å². The van der Waals surface area contributed by atoms with Gasteiger partial charge in [-0.25, -0.2) is 0 Å². The lowest BCUT2D eigenvalue weighted by atomic mass is 9.95. The van der Waals surface area contributed by atoms with Gasteiger partial charge in [-0.2, -0.15) is 0 Å². The maximum Gasteiger partial charge on any atom is 0.320 e. The van der Waals surface area contributed by atoms with Crippen LogP contribution >= 0.6 is 27.3 Å². The van der Waals surface area contributed by atoms with Crippen LogP contribution in [-0.4, -0.2) is 35.2 Å². The molecule has 1 N–H and O–H groups in total. The maximum atomic E-state index is 11.9. The number of hydrogen-bond donors (Lipinski definition) is 1. The number of carboxylic acid groups (broad SMARTS) is 1. The molecule has 4 nitrogen and oxygen atoms in total. The minimum Gasteiger partial charge on any atom is -0.494 e. The number of nitrogens with zero attached hydrogens (tertiary/aromatic N) is 1. The number of carbonyl (C=O) groups is 1. The molecule has 0 aliphatic carbocycles. The Balaban J connectivity index is 2.10. The second-order valence-corrected chi connectivity index (χ2v) is 8.02. The number of likely N-dealkylation sites (tertiary alicyclic amines) is 1. The van der Waals surface area contributed by atoms with Crippen molar-refractivity contribution in [3.8, 4) is 5.75 Å². The van der Waals surface area contributed by atoms with E-state index in [2.05, 4.69) is 33.0 Å². The summed E-state index contributed by atoms with van der Waals surface area (Å²) in [7, 11) is 0. The van der Waals surface area contributed by atoms with Gasteiger partial charge in [-0.3, -0.25) is 9.69 Å². The Morgan fingerprint density at radius 3 is 2.96 bits per heavy atom. The van der Waals surface area contributed by atoms with E-state index in [1.807, 2.05) is 30.5 Å². The molecule has 0 saturated carbocycles. The van der Waals surface area contributed by atoms with Gasteiger partial charge in [0, 0.05) is 14.9 Å². The van der Waals surface area contributed by atoms with E-state index in [-0.39, 0.29) is 6.04 Å². The Morgan fingerprint density at radius 1 is 1.44 bits per heavy atom. The van der Waals surface area contributed by atoms with Gasteiger partial charge in [-0.05, 0) is 56.0 Å². The monoisotopic (exact) mass is 423 g/mol. The molecule has 1 aromatic carbocycles. The summed E-state index contributed by atoms with van der Waals surface area (Å²) in [5.74, 6) is 0.0769. The highest BCUT2D eigenvalue weighted by molar-refractivity contribution is 9.10. The van der Waals surface area contributed by atoms with E-state index >= 15 is 0 Å². The summed E-state index contributed by atoms with van der Waals surface area (Å²) in [5.41, 5.74) is 1.02. The van der Waals surface area contributed by atoms with E-state index in [0.29, 0.717) is 13.0 Å². The summed E-state index contributed by atoms with van der Waals surface area (Å²) in [6.45, 7) is 3.32. The minimum atomic E-state index is -0.741. The fourth-order valence-corrected chi connectivity index (χ4v) is 4.73. The first-order valence-electron chi connectivity index (χ1n) is 8.56. The number of rotatable bonds is 6. The predicted molar refractivity (Wildman–Crippen MR) is 103 cm³/mol. The highest BCUT2D eigenvalue weighted by atomic mass is 79.9. The lowest BCUT2D eigenvalue weighted by molar-refractivity contribution is -0.145. The third-order valence-electron chi connectivity index (χ3n) is 4.54. The lowest BCUT2D eigenvalue weighted by Crippen LogP contribution is -2.46. The molecule has 134 valence electrons. The number of benzene rings is 1. The molecule has 6 heteroatoms. The highest BCUT2D eigenvalue weighted by Crippen LogP contribution is 2.41. The normalized spacial score (nSPS) is 19.5. The van der Waals surface area contributed by atoms with Crippen molar-refractivity contribution < 1.29 is 14.6 Å². The molecule has 0 amide bonds. The second kappa shape index (κ2) is 8.34. The molecule has 1 fully saturated rings. The van der Waals surface area contributed by atoms with E-state index in [9.17, 15) is 9.90 Å². The van der Waals surface area contributed by atoms with Gasteiger partial charge in [0.05, 0.1) is 12.6 Å². The van der Waals surface area contributed by atoms with Crippen molar-refractivity contribution in [2.75, 3.05) is 13.2 Å². The number of thiophene rings is 1. The molecule has 2 heterocycles. The smallest absolute Gasteiger partial charge is 0.320 e. The number of piperidine rings is 1. The maximum absolute atomic E-state index is 11.9. The van der Waals surface area contributed by atoms with Gasteiger partial charge in [0.25, 0.3) is 0 Å². The number of halogens is 1. The highest BCUT2D eigenvalue weighted by Gasteiger charge is 2.36. The molecule has 2 unspecified atom stereocenters. The van der Waals surface area contributed by atoms with Crippen LogP contribution in [-0.2, 0) is 4.79 Å². The van der Waals surface area contributed by atoms with Crippen molar-refractivity contribution in [2.45, 2.75) is 38.3 Å². The number of aliphatic carboxylic acids is 1. The third-order valence-corrected chi connectivity index (χ3v) is 5.96. The molecule has 0 spiro atoms.